The van der Waals surface area contributed by atoms with Gasteiger partial charge in [-0.3, -0.25) is 4.79 Å². The fourth-order valence-corrected chi connectivity index (χ4v) is 5.23. The Labute approximate surface area is 224 Å². The van der Waals surface area contributed by atoms with Crippen molar-refractivity contribution in [2.45, 2.75) is 45.4 Å². The normalized spacial score (nSPS) is 23.7. The number of hydrogen-bond donors (Lipinski definition) is 3. The number of amides is 1. The maximum Gasteiger partial charge on any atom is 0.359 e. The Morgan fingerprint density at radius 2 is 1.44 bits per heavy atom. The molecule has 0 saturated heterocycles. The summed E-state index contributed by atoms with van der Waals surface area (Å²) < 4.78 is 193. The highest BCUT2D eigenvalue weighted by Crippen LogP contribution is 2.63. The monoisotopic (exact) mass is 643 g/mol. The predicted octanol–water partition coefficient (Wildman–Crippen LogP) is 3.57. The molecule has 3 atom stereocenters. The number of sulfonamides is 2. The molecular weight excluding hydrogens is 628 g/mol. The van der Waals surface area contributed by atoms with Gasteiger partial charge in [-0.05, 0) is 23.8 Å². The van der Waals surface area contributed by atoms with Crippen LogP contribution in [0.3, 0.4) is 0 Å². The van der Waals surface area contributed by atoms with Crippen molar-refractivity contribution in [1.82, 2.24) is 5.32 Å². The van der Waals surface area contributed by atoms with Crippen molar-refractivity contribution < 1.29 is 65.5 Å². The Morgan fingerprint density at radius 3 is 1.93 bits per heavy atom. The van der Waals surface area contributed by atoms with Crippen molar-refractivity contribution in [3.8, 4) is 0 Å². The van der Waals surface area contributed by atoms with E-state index in [1.54, 1.807) is 0 Å². The van der Waals surface area contributed by atoms with Crippen LogP contribution in [0.15, 0.2) is 70.0 Å². The van der Waals surface area contributed by atoms with Gasteiger partial charge in [-0.25, -0.2) is 44.7 Å². The first-order valence-electron chi connectivity index (χ1n) is 10.5. The molecule has 1 aliphatic carbocycles. The minimum absolute atomic E-state index is 0.195. The molecule has 226 valence electrons. The van der Waals surface area contributed by atoms with E-state index in [2.05, 4.69) is 0 Å². The number of primary sulfonamides is 2. The minimum Gasteiger partial charge on any atom is -0.339 e. The van der Waals surface area contributed by atoms with Crippen LogP contribution in [0.5, 0.6) is 0 Å². The molecule has 3 unspecified atom stereocenters. The van der Waals surface area contributed by atoms with E-state index in [-0.39, 0.29) is 6.07 Å². The summed E-state index contributed by atoms with van der Waals surface area (Å²) in [6, 6.07) is 1.40. The Morgan fingerprint density at radius 1 is 0.902 bits per heavy atom. The van der Waals surface area contributed by atoms with E-state index < -0.39 is 94.2 Å². The summed E-state index contributed by atoms with van der Waals surface area (Å²) in [4.78, 5) is 10.6. The molecule has 1 amide bonds. The fourth-order valence-electron chi connectivity index (χ4n) is 3.86. The second kappa shape index (κ2) is 9.95. The van der Waals surface area contributed by atoms with E-state index in [0.717, 1.165) is 18.2 Å². The summed E-state index contributed by atoms with van der Waals surface area (Å²) in [5, 5.41) is 11.0. The number of rotatable bonds is 7. The Hall–Kier alpha value is -3.23. The summed E-state index contributed by atoms with van der Waals surface area (Å²) >= 11 is 0. The van der Waals surface area contributed by atoms with Crippen molar-refractivity contribution in [2.24, 2.45) is 10.3 Å². The van der Waals surface area contributed by atoms with Crippen molar-refractivity contribution in [3.63, 3.8) is 0 Å². The van der Waals surface area contributed by atoms with Crippen LogP contribution in [0.2, 0.25) is 0 Å². The van der Waals surface area contributed by atoms with Gasteiger partial charge in [-0.2, -0.15) is 26.3 Å². The fraction of sp³-hybridized carbons (Fsp3) is 0.286. The molecule has 41 heavy (non-hydrogen) atoms. The third-order valence-corrected chi connectivity index (χ3v) is 7.83. The SMILES string of the molecule is NS(=O)(=O)c1ccc(C(=O)NC(c2ccccc2)C(F)(F)C2(F)C(F)=C(F)C(F)C(F)(F)C2(F)F)c(S(N)(=O)=O)c1. The van der Waals surface area contributed by atoms with Crippen LogP contribution < -0.4 is 15.6 Å². The van der Waals surface area contributed by atoms with E-state index in [4.69, 9.17) is 10.3 Å². The van der Waals surface area contributed by atoms with Gasteiger partial charge in [0.15, 0.2) is 11.7 Å². The van der Waals surface area contributed by atoms with Gasteiger partial charge in [0, 0.05) is 0 Å². The van der Waals surface area contributed by atoms with Crippen LogP contribution in [-0.2, 0) is 20.0 Å². The lowest BCUT2D eigenvalue weighted by Crippen LogP contribution is -2.72. The first-order valence-corrected chi connectivity index (χ1v) is 13.6. The molecule has 8 nitrogen and oxygen atoms in total. The molecule has 1 aliphatic rings. The van der Waals surface area contributed by atoms with Gasteiger partial charge >= 0.3 is 17.8 Å². The van der Waals surface area contributed by atoms with Crippen LogP contribution >= 0.6 is 0 Å². The minimum atomic E-state index is -6.98. The molecule has 0 radical (unpaired) electrons. The first kappa shape index (κ1) is 32.3. The van der Waals surface area contributed by atoms with Crippen LogP contribution in [0, 0.1) is 0 Å². The molecule has 0 spiro atoms. The van der Waals surface area contributed by atoms with Crippen LogP contribution in [0.4, 0.5) is 43.9 Å². The number of carbonyl (C=O) groups is 1. The molecule has 0 aliphatic heterocycles. The average molecular weight is 643 g/mol. The predicted molar refractivity (Wildman–Crippen MR) is 119 cm³/mol. The van der Waals surface area contributed by atoms with Gasteiger partial charge in [0.25, 0.3) is 11.6 Å². The molecule has 5 N–H and O–H groups in total. The summed E-state index contributed by atoms with van der Waals surface area (Å²) in [5.41, 5.74) is -9.02. The van der Waals surface area contributed by atoms with Gasteiger partial charge < -0.3 is 5.32 Å². The van der Waals surface area contributed by atoms with Crippen LogP contribution in [-0.4, -0.2) is 52.4 Å². The lowest BCUT2D eigenvalue weighted by Gasteiger charge is -2.46. The van der Waals surface area contributed by atoms with Crippen molar-refractivity contribution in [1.29, 1.82) is 0 Å². The van der Waals surface area contributed by atoms with E-state index in [1.165, 1.54) is 5.32 Å². The van der Waals surface area contributed by atoms with Crippen molar-refractivity contribution >= 4 is 26.0 Å². The molecule has 2 aromatic rings. The van der Waals surface area contributed by atoms with Crippen molar-refractivity contribution in [2.75, 3.05) is 0 Å². The number of benzene rings is 2. The Kier molecular flexibility index (Phi) is 7.83. The zero-order valence-electron chi connectivity index (χ0n) is 19.6. The number of halogens is 10. The van der Waals surface area contributed by atoms with E-state index in [9.17, 15) is 52.4 Å². The molecule has 0 heterocycles. The van der Waals surface area contributed by atoms with Gasteiger partial charge in [-0.15, -0.1) is 0 Å². The summed E-state index contributed by atoms with van der Waals surface area (Å²) in [6.45, 7) is 0. The number of carbonyl (C=O) groups excluding carboxylic acids is 1. The molecule has 0 fully saturated rings. The maximum absolute atomic E-state index is 15.7. The standard InChI is InChI=1S/C21H15F10N3O5S2/c22-13-14(23)18(25,21(30,31)19(26,27)15(13)24)20(28,29)16(9-4-2-1-3-5-9)34-17(35)11-7-6-10(40(32,36)37)8-12(11)41(33,38)39/h1-8,15-16H,(H,34,35)(H2,32,36,37)(H2,33,38,39). The quantitative estimate of drug-likeness (QED) is 0.395. The smallest absolute Gasteiger partial charge is 0.339 e. The molecule has 0 bridgehead atoms. The first-order chi connectivity index (χ1) is 18.4. The molecular formula is C21H15F10N3O5S2. The maximum atomic E-state index is 15.7. The molecule has 0 saturated carbocycles. The molecule has 3 rings (SSSR count). The summed E-state index contributed by atoms with van der Waals surface area (Å²) in [7, 11) is -9.77. The largest absolute Gasteiger partial charge is 0.359 e. The molecule has 0 aromatic heterocycles. The number of nitrogens with one attached hydrogen (secondary N) is 1. The Bertz CT molecular complexity index is 1640. The van der Waals surface area contributed by atoms with Crippen molar-refractivity contribution in [3.05, 3.63) is 71.3 Å². The molecule has 2 aromatic carbocycles. The third kappa shape index (κ3) is 4.95. The highest BCUT2D eigenvalue weighted by Gasteiger charge is 2.87. The van der Waals surface area contributed by atoms with E-state index in [1.807, 2.05) is 0 Å². The summed E-state index contributed by atoms with van der Waals surface area (Å²) in [5.74, 6) is -29.4. The summed E-state index contributed by atoms with van der Waals surface area (Å²) in [6.07, 6.45) is -4.86. The van der Waals surface area contributed by atoms with Gasteiger partial charge in [-0.1, -0.05) is 30.3 Å². The highest BCUT2D eigenvalue weighted by molar-refractivity contribution is 7.90. The van der Waals surface area contributed by atoms with E-state index >= 15 is 13.2 Å². The zero-order chi connectivity index (χ0) is 31.6. The highest BCUT2D eigenvalue weighted by atomic mass is 32.2. The third-order valence-electron chi connectivity index (χ3n) is 5.97. The van der Waals surface area contributed by atoms with Gasteiger partial charge in [0.05, 0.1) is 15.4 Å². The van der Waals surface area contributed by atoms with Gasteiger partial charge in [0.1, 0.15) is 6.04 Å². The van der Waals surface area contributed by atoms with Crippen LogP contribution in [0.25, 0.3) is 0 Å². The number of hydrogen-bond acceptors (Lipinski definition) is 5. The topological polar surface area (TPSA) is 149 Å². The molecule has 20 heteroatoms. The number of allylic oxidation sites excluding steroid dienone is 2. The number of nitrogens with two attached hydrogens (primary N) is 2. The zero-order valence-corrected chi connectivity index (χ0v) is 21.2. The second-order valence-electron chi connectivity index (χ2n) is 8.57. The van der Waals surface area contributed by atoms with Crippen LogP contribution in [0.1, 0.15) is 22.0 Å². The lowest BCUT2D eigenvalue weighted by atomic mass is 9.75. The van der Waals surface area contributed by atoms with Gasteiger partial charge in [0.2, 0.25) is 26.2 Å². The Balaban J connectivity index is 2.28. The number of alkyl halides is 8. The second-order valence-corrected chi connectivity index (χ2v) is 11.7. The average Bonchev–Trinajstić information content (AvgIpc) is 2.87. The lowest BCUT2D eigenvalue weighted by molar-refractivity contribution is -0.339. The van der Waals surface area contributed by atoms with E-state index in [0.29, 0.717) is 24.3 Å².